The Labute approximate surface area is 142 Å². The van der Waals surface area contributed by atoms with Crippen LogP contribution in [0.2, 0.25) is 0 Å². The molecule has 0 aliphatic carbocycles. The van der Waals surface area contributed by atoms with E-state index in [9.17, 15) is 8.42 Å². The standard InChI is InChI=1S/C15H22N6O2S/c1-3-8-24(22,23)20-7-6-17-13-10-15(19-11-18-13)21-14-9-12(2)4-5-16-14/h4-5,9-11,20H,3,6-8H2,1-2H3,(H2,16,17,18,19,21). The summed E-state index contributed by atoms with van der Waals surface area (Å²) in [6, 6.07) is 5.57. The smallest absolute Gasteiger partial charge is 0.211 e. The monoisotopic (exact) mass is 350 g/mol. The third-order valence-electron chi connectivity index (χ3n) is 3.06. The van der Waals surface area contributed by atoms with Crippen molar-refractivity contribution >= 4 is 27.5 Å². The van der Waals surface area contributed by atoms with Gasteiger partial charge in [-0.15, -0.1) is 0 Å². The van der Waals surface area contributed by atoms with Crippen LogP contribution in [0.3, 0.4) is 0 Å². The van der Waals surface area contributed by atoms with E-state index in [-0.39, 0.29) is 5.75 Å². The molecule has 0 saturated heterocycles. The lowest BCUT2D eigenvalue weighted by Gasteiger charge is -2.09. The molecule has 9 heteroatoms. The molecule has 2 aromatic heterocycles. The first kappa shape index (κ1) is 18.1. The van der Waals surface area contributed by atoms with Crippen LogP contribution < -0.4 is 15.4 Å². The molecular formula is C15H22N6O2S. The third-order valence-corrected chi connectivity index (χ3v) is 4.65. The van der Waals surface area contributed by atoms with Crippen molar-refractivity contribution in [3.63, 3.8) is 0 Å². The fourth-order valence-corrected chi connectivity index (χ4v) is 3.09. The molecule has 0 unspecified atom stereocenters. The van der Waals surface area contributed by atoms with E-state index in [4.69, 9.17) is 0 Å². The first-order valence-electron chi connectivity index (χ1n) is 7.71. The lowest BCUT2D eigenvalue weighted by atomic mass is 10.3. The van der Waals surface area contributed by atoms with Crippen molar-refractivity contribution < 1.29 is 8.42 Å². The van der Waals surface area contributed by atoms with Crippen molar-refractivity contribution in [2.75, 3.05) is 29.5 Å². The van der Waals surface area contributed by atoms with Crippen LogP contribution in [0.5, 0.6) is 0 Å². The minimum atomic E-state index is -3.18. The van der Waals surface area contributed by atoms with Gasteiger partial charge in [-0.2, -0.15) is 0 Å². The fourth-order valence-electron chi connectivity index (χ4n) is 2.00. The van der Waals surface area contributed by atoms with E-state index >= 15 is 0 Å². The van der Waals surface area contributed by atoms with Crippen molar-refractivity contribution in [2.24, 2.45) is 0 Å². The maximum absolute atomic E-state index is 11.5. The van der Waals surface area contributed by atoms with Gasteiger partial charge in [-0.3, -0.25) is 0 Å². The molecule has 2 heterocycles. The van der Waals surface area contributed by atoms with Crippen LogP contribution >= 0.6 is 0 Å². The maximum Gasteiger partial charge on any atom is 0.211 e. The van der Waals surface area contributed by atoms with E-state index in [1.165, 1.54) is 6.33 Å². The predicted molar refractivity (Wildman–Crippen MR) is 94.9 cm³/mol. The Hall–Kier alpha value is -2.26. The van der Waals surface area contributed by atoms with Crippen molar-refractivity contribution in [3.8, 4) is 0 Å². The van der Waals surface area contributed by atoms with E-state index in [0.29, 0.717) is 37.0 Å². The predicted octanol–water partition coefficient (Wildman–Crippen LogP) is 1.66. The number of rotatable bonds is 9. The average molecular weight is 350 g/mol. The number of pyridine rings is 1. The highest BCUT2D eigenvalue weighted by atomic mass is 32.2. The van der Waals surface area contributed by atoms with Gasteiger partial charge in [0.25, 0.3) is 0 Å². The molecule has 0 fully saturated rings. The summed E-state index contributed by atoms with van der Waals surface area (Å²) in [7, 11) is -3.18. The summed E-state index contributed by atoms with van der Waals surface area (Å²) in [4.78, 5) is 12.5. The Morgan fingerprint density at radius 2 is 1.79 bits per heavy atom. The SMILES string of the molecule is CCCS(=O)(=O)NCCNc1cc(Nc2cc(C)ccn2)ncn1. The summed E-state index contributed by atoms with van der Waals surface area (Å²) in [5.74, 6) is 2.05. The Bertz CT molecular complexity index is 766. The Balaban J connectivity index is 1.86. The normalized spacial score (nSPS) is 11.2. The van der Waals surface area contributed by atoms with E-state index in [1.807, 2.05) is 26.0 Å². The number of nitrogens with zero attached hydrogens (tertiary/aromatic N) is 3. The van der Waals surface area contributed by atoms with Crippen molar-refractivity contribution in [1.82, 2.24) is 19.7 Å². The molecule has 0 aliphatic heterocycles. The van der Waals surface area contributed by atoms with Crippen molar-refractivity contribution in [2.45, 2.75) is 20.3 Å². The van der Waals surface area contributed by atoms with Crippen LogP contribution in [-0.4, -0.2) is 42.2 Å². The van der Waals surface area contributed by atoms with Gasteiger partial charge in [0, 0.05) is 25.4 Å². The number of anilines is 3. The lowest BCUT2D eigenvalue weighted by Crippen LogP contribution is -2.30. The fraction of sp³-hybridized carbons (Fsp3) is 0.400. The molecule has 0 aliphatic rings. The van der Waals surface area contributed by atoms with Gasteiger partial charge in [-0.05, 0) is 31.0 Å². The summed E-state index contributed by atoms with van der Waals surface area (Å²) in [5, 5.41) is 6.16. The highest BCUT2D eigenvalue weighted by molar-refractivity contribution is 7.89. The minimum absolute atomic E-state index is 0.137. The van der Waals surface area contributed by atoms with Crippen LogP contribution in [0, 0.1) is 6.92 Å². The van der Waals surface area contributed by atoms with E-state index < -0.39 is 10.0 Å². The molecule has 0 saturated carbocycles. The van der Waals surface area contributed by atoms with Gasteiger partial charge < -0.3 is 10.6 Å². The van der Waals surface area contributed by atoms with Crippen LogP contribution in [-0.2, 0) is 10.0 Å². The molecular weight excluding hydrogens is 328 g/mol. The van der Waals surface area contributed by atoms with Gasteiger partial charge in [0.05, 0.1) is 5.75 Å². The highest BCUT2D eigenvalue weighted by Crippen LogP contribution is 2.14. The van der Waals surface area contributed by atoms with E-state index in [1.54, 1.807) is 12.3 Å². The van der Waals surface area contributed by atoms with Crippen LogP contribution in [0.1, 0.15) is 18.9 Å². The maximum atomic E-state index is 11.5. The molecule has 0 atom stereocenters. The zero-order valence-corrected chi connectivity index (χ0v) is 14.6. The number of aromatic nitrogens is 3. The van der Waals surface area contributed by atoms with Gasteiger partial charge in [0.1, 0.15) is 23.8 Å². The van der Waals surface area contributed by atoms with Crippen LogP contribution in [0.4, 0.5) is 17.5 Å². The molecule has 3 N–H and O–H groups in total. The summed E-state index contributed by atoms with van der Waals surface area (Å²) in [6.45, 7) is 4.55. The molecule has 0 radical (unpaired) electrons. The molecule has 8 nitrogen and oxygen atoms in total. The summed E-state index contributed by atoms with van der Waals surface area (Å²) < 4.78 is 25.6. The Kier molecular flexibility index (Phi) is 6.44. The minimum Gasteiger partial charge on any atom is -0.369 e. The molecule has 2 rings (SSSR count). The number of nitrogens with one attached hydrogen (secondary N) is 3. The van der Waals surface area contributed by atoms with Gasteiger partial charge in [0.15, 0.2) is 0 Å². The molecule has 0 spiro atoms. The molecule has 130 valence electrons. The van der Waals surface area contributed by atoms with Gasteiger partial charge in [0.2, 0.25) is 10.0 Å². The van der Waals surface area contributed by atoms with Crippen LogP contribution in [0.25, 0.3) is 0 Å². The summed E-state index contributed by atoms with van der Waals surface area (Å²) >= 11 is 0. The van der Waals surface area contributed by atoms with Gasteiger partial charge >= 0.3 is 0 Å². The lowest BCUT2D eigenvalue weighted by molar-refractivity contribution is 0.581. The van der Waals surface area contributed by atoms with Crippen LogP contribution in [0.15, 0.2) is 30.7 Å². The molecule has 0 aromatic carbocycles. The number of aryl methyl sites for hydroxylation is 1. The quantitative estimate of drug-likeness (QED) is 0.590. The largest absolute Gasteiger partial charge is 0.369 e. The number of hydrogen-bond donors (Lipinski definition) is 3. The zero-order chi connectivity index (χ0) is 17.4. The second-order valence-electron chi connectivity index (χ2n) is 5.27. The molecule has 24 heavy (non-hydrogen) atoms. The number of hydrogen-bond acceptors (Lipinski definition) is 7. The van der Waals surface area contributed by atoms with Crippen molar-refractivity contribution in [3.05, 3.63) is 36.3 Å². The Morgan fingerprint density at radius 3 is 2.54 bits per heavy atom. The van der Waals surface area contributed by atoms with E-state index in [0.717, 1.165) is 5.56 Å². The van der Waals surface area contributed by atoms with Gasteiger partial charge in [-0.25, -0.2) is 28.1 Å². The molecule has 0 bridgehead atoms. The summed E-state index contributed by atoms with van der Waals surface area (Å²) in [5.41, 5.74) is 1.10. The highest BCUT2D eigenvalue weighted by Gasteiger charge is 2.07. The molecule has 2 aromatic rings. The second-order valence-corrected chi connectivity index (χ2v) is 7.20. The summed E-state index contributed by atoms with van der Waals surface area (Å²) in [6.07, 6.45) is 3.75. The first-order valence-corrected chi connectivity index (χ1v) is 9.36. The average Bonchev–Trinajstić information content (AvgIpc) is 2.52. The molecule has 0 amide bonds. The van der Waals surface area contributed by atoms with E-state index in [2.05, 4.69) is 30.3 Å². The number of sulfonamides is 1. The van der Waals surface area contributed by atoms with Gasteiger partial charge in [-0.1, -0.05) is 6.92 Å². The third kappa shape index (κ3) is 6.09. The topological polar surface area (TPSA) is 109 Å². The first-order chi connectivity index (χ1) is 11.5. The zero-order valence-electron chi connectivity index (χ0n) is 13.8. The van der Waals surface area contributed by atoms with Crippen molar-refractivity contribution in [1.29, 1.82) is 0 Å². The Morgan fingerprint density at radius 1 is 1.04 bits per heavy atom. The second kappa shape index (κ2) is 8.55.